The normalized spacial score (nSPS) is 16.1. The molecule has 0 radical (unpaired) electrons. The molecule has 0 saturated carbocycles. The second-order valence-electron chi connectivity index (χ2n) is 5.71. The molecule has 1 heterocycles. The third kappa shape index (κ3) is 3.37. The van der Waals surface area contributed by atoms with Crippen molar-refractivity contribution in [1.29, 1.82) is 0 Å². The van der Waals surface area contributed by atoms with E-state index in [9.17, 15) is 9.90 Å². The molecule has 136 valence electrons. The highest BCUT2D eigenvalue weighted by Crippen LogP contribution is 2.51. The fourth-order valence-corrected chi connectivity index (χ4v) is 4.20. The van der Waals surface area contributed by atoms with Gasteiger partial charge >= 0.3 is 0 Å². The number of thioether (sulfide) groups is 1. The second-order valence-corrected chi connectivity index (χ2v) is 6.96. The molecule has 3 rings (SSSR count). The minimum atomic E-state index is -0.0900. The summed E-state index contributed by atoms with van der Waals surface area (Å²) in [6.07, 6.45) is 2.63. The van der Waals surface area contributed by atoms with Gasteiger partial charge in [-0.2, -0.15) is 0 Å². The molecule has 6 heteroatoms. The van der Waals surface area contributed by atoms with Gasteiger partial charge in [-0.15, -0.1) is 11.8 Å². The lowest BCUT2D eigenvalue weighted by Crippen LogP contribution is -2.02. The van der Waals surface area contributed by atoms with Crippen LogP contribution < -0.4 is 14.2 Å². The third-order valence-electron chi connectivity index (χ3n) is 4.20. The molecule has 1 aliphatic heterocycles. The molecule has 1 N–H and O–H groups in total. The summed E-state index contributed by atoms with van der Waals surface area (Å²) in [6.45, 7) is 0. The fraction of sp³-hybridized carbons (Fsp3) is 0.250. The van der Waals surface area contributed by atoms with E-state index in [1.54, 1.807) is 39.5 Å². The van der Waals surface area contributed by atoms with Gasteiger partial charge in [-0.1, -0.05) is 24.3 Å². The second kappa shape index (κ2) is 7.74. The fourth-order valence-electron chi connectivity index (χ4n) is 2.97. The minimum absolute atomic E-state index is 0.0426. The standard InChI is InChI=1S/C20H20O5S/c1-23-15-8-7-14(19(24-2)20(15)25-3)16-9-10-17(26-16)18(22)12-5-4-6-13(21)11-12/h4-8,10-11,16,21H,9H2,1-3H3. The van der Waals surface area contributed by atoms with Crippen molar-refractivity contribution in [3.8, 4) is 23.0 Å². The molecule has 1 atom stereocenters. The van der Waals surface area contributed by atoms with Crippen LogP contribution >= 0.6 is 11.8 Å². The molecule has 0 saturated heterocycles. The van der Waals surface area contributed by atoms with E-state index in [0.717, 1.165) is 5.56 Å². The zero-order chi connectivity index (χ0) is 18.7. The Labute approximate surface area is 156 Å². The number of benzene rings is 2. The number of ketones is 1. The number of Topliss-reactive ketones (excluding diaryl/α,β-unsaturated/α-hetero) is 1. The number of phenols is 1. The topological polar surface area (TPSA) is 65.0 Å². The van der Waals surface area contributed by atoms with Crippen molar-refractivity contribution < 1.29 is 24.1 Å². The molecule has 2 aromatic carbocycles. The summed E-state index contributed by atoms with van der Waals surface area (Å²) < 4.78 is 16.3. The number of aromatic hydroxyl groups is 1. The van der Waals surface area contributed by atoms with Gasteiger partial charge in [0.1, 0.15) is 5.75 Å². The Bertz CT molecular complexity index is 859. The summed E-state index contributed by atoms with van der Waals surface area (Å²) in [7, 11) is 4.74. The first-order valence-corrected chi connectivity index (χ1v) is 8.96. The number of carbonyl (C=O) groups is 1. The van der Waals surface area contributed by atoms with Gasteiger partial charge in [-0.3, -0.25) is 4.79 Å². The summed E-state index contributed by atoms with van der Waals surface area (Å²) in [5, 5.41) is 9.63. The van der Waals surface area contributed by atoms with Crippen molar-refractivity contribution in [1.82, 2.24) is 0 Å². The van der Waals surface area contributed by atoms with Crippen LogP contribution in [0.15, 0.2) is 47.4 Å². The van der Waals surface area contributed by atoms with Crippen molar-refractivity contribution in [3.63, 3.8) is 0 Å². The minimum Gasteiger partial charge on any atom is -0.508 e. The van der Waals surface area contributed by atoms with E-state index in [-0.39, 0.29) is 16.8 Å². The van der Waals surface area contributed by atoms with E-state index < -0.39 is 0 Å². The monoisotopic (exact) mass is 372 g/mol. The van der Waals surface area contributed by atoms with Gasteiger partial charge in [0.15, 0.2) is 17.3 Å². The number of phenolic OH excluding ortho intramolecular Hbond substituents is 1. The maximum Gasteiger partial charge on any atom is 0.203 e. The molecule has 26 heavy (non-hydrogen) atoms. The molecule has 0 amide bonds. The van der Waals surface area contributed by atoms with Crippen LogP contribution in [0.3, 0.4) is 0 Å². The SMILES string of the molecule is COc1ccc(C2CC=C(C(=O)c3cccc(O)c3)S2)c(OC)c1OC. The van der Waals surface area contributed by atoms with Gasteiger partial charge in [0.05, 0.1) is 26.2 Å². The highest BCUT2D eigenvalue weighted by atomic mass is 32.2. The van der Waals surface area contributed by atoms with Crippen LogP contribution in [0.4, 0.5) is 0 Å². The van der Waals surface area contributed by atoms with E-state index >= 15 is 0 Å². The molecule has 0 aromatic heterocycles. The highest BCUT2D eigenvalue weighted by molar-refractivity contribution is 8.04. The molecule has 5 nitrogen and oxygen atoms in total. The van der Waals surface area contributed by atoms with Crippen LogP contribution in [-0.4, -0.2) is 32.2 Å². The van der Waals surface area contributed by atoms with Crippen LogP contribution in [0.2, 0.25) is 0 Å². The van der Waals surface area contributed by atoms with Gasteiger partial charge < -0.3 is 19.3 Å². The lowest BCUT2D eigenvalue weighted by molar-refractivity contribution is 0.104. The van der Waals surface area contributed by atoms with Crippen LogP contribution in [0.1, 0.15) is 27.6 Å². The van der Waals surface area contributed by atoms with Crippen molar-refractivity contribution in [2.24, 2.45) is 0 Å². The zero-order valence-electron chi connectivity index (χ0n) is 14.8. The van der Waals surface area contributed by atoms with E-state index in [1.165, 1.54) is 17.8 Å². The molecule has 1 unspecified atom stereocenters. The Balaban J connectivity index is 1.85. The predicted molar refractivity (Wildman–Crippen MR) is 102 cm³/mol. The van der Waals surface area contributed by atoms with Crippen LogP contribution in [0.25, 0.3) is 0 Å². The quantitative estimate of drug-likeness (QED) is 0.760. The van der Waals surface area contributed by atoms with E-state index in [1.807, 2.05) is 18.2 Å². The smallest absolute Gasteiger partial charge is 0.203 e. The summed E-state index contributed by atoms with van der Waals surface area (Å²) >= 11 is 1.49. The van der Waals surface area contributed by atoms with Crippen molar-refractivity contribution in [2.75, 3.05) is 21.3 Å². The summed E-state index contributed by atoms with van der Waals surface area (Å²) in [6, 6.07) is 10.2. The van der Waals surface area contributed by atoms with Crippen LogP contribution in [0, 0.1) is 0 Å². The first-order valence-electron chi connectivity index (χ1n) is 8.08. The number of rotatable bonds is 6. The van der Waals surface area contributed by atoms with Gasteiger partial charge in [-0.25, -0.2) is 0 Å². The number of hydrogen-bond acceptors (Lipinski definition) is 6. The van der Waals surface area contributed by atoms with Gasteiger partial charge in [0.2, 0.25) is 5.75 Å². The highest BCUT2D eigenvalue weighted by Gasteiger charge is 2.29. The number of allylic oxidation sites excluding steroid dienone is 2. The molecule has 0 fully saturated rings. The summed E-state index contributed by atoms with van der Waals surface area (Å²) in [5.41, 5.74) is 1.42. The molecule has 1 aliphatic rings. The number of methoxy groups -OCH3 is 3. The molecule has 2 aromatic rings. The molecule has 0 bridgehead atoms. The van der Waals surface area contributed by atoms with E-state index in [2.05, 4.69) is 0 Å². The lowest BCUT2D eigenvalue weighted by Gasteiger charge is -2.19. The van der Waals surface area contributed by atoms with Gasteiger partial charge in [0.25, 0.3) is 0 Å². The largest absolute Gasteiger partial charge is 0.508 e. The first-order chi connectivity index (χ1) is 12.6. The maximum atomic E-state index is 12.7. The molecular formula is C20H20O5S. The zero-order valence-corrected chi connectivity index (χ0v) is 15.6. The van der Waals surface area contributed by atoms with E-state index in [4.69, 9.17) is 14.2 Å². The van der Waals surface area contributed by atoms with Crippen molar-refractivity contribution >= 4 is 17.5 Å². The number of ether oxygens (including phenoxy) is 3. The average molecular weight is 372 g/mol. The summed E-state index contributed by atoms with van der Waals surface area (Å²) in [5.74, 6) is 1.75. The number of carbonyl (C=O) groups excluding carboxylic acids is 1. The van der Waals surface area contributed by atoms with Crippen LogP contribution in [-0.2, 0) is 0 Å². The van der Waals surface area contributed by atoms with E-state index in [0.29, 0.717) is 34.1 Å². The Morgan fingerprint density at radius 3 is 2.50 bits per heavy atom. The summed E-state index contributed by atoms with van der Waals surface area (Å²) in [4.78, 5) is 13.3. The van der Waals surface area contributed by atoms with Crippen molar-refractivity contribution in [2.45, 2.75) is 11.7 Å². The Kier molecular flexibility index (Phi) is 5.42. The Hall–Kier alpha value is -2.60. The van der Waals surface area contributed by atoms with Crippen molar-refractivity contribution in [3.05, 3.63) is 58.5 Å². The third-order valence-corrected chi connectivity index (χ3v) is 5.54. The molecule has 0 aliphatic carbocycles. The van der Waals surface area contributed by atoms with Gasteiger partial charge in [0, 0.05) is 16.4 Å². The first kappa shape index (κ1) is 18.2. The number of hydrogen-bond donors (Lipinski definition) is 1. The van der Waals surface area contributed by atoms with Crippen LogP contribution in [0.5, 0.6) is 23.0 Å². The Morgan fingerprint density at radius 2 is 1.85 bits per heavy atom. The van der Waals surface area contributed by atoms with Gasteiger partial charge in [-0.05, 0) is 24.6 Å². The predicted octanol–water partition coefficient (Wildman–Crippen LogP) is 4.36. The lowest BCUT2D eigenvalue weighted by atomic mass is 10.1. The molecule has 0 spiro atoms. The Morgan fingerprint density at radius 1 is 1.08 bits per heavy atom. The maximum absolute atomic E-state index is 12.7. The molecular weight excluding hydrogens is 352 g/mol. The average Bonchev–Trinajstić information content (AvgIpc) is 3.15.